The van der Waals surface area contributed by atoms with Crippen LogP contribution in [0.4, 0.5) is 0 Å². The first-order chi connectivity index (χ1) is 18.4. The molecule has 0 aromatic carbocycles. The van der Waals surface area contributed by atoms with Gasteiger partial charge in [0.2, 0.25) is 11.8 Å². The van der Waals surface area contributed by atoms with E-state index in [0.29, 0.717) is 30.7 Å². The van der Waals surface area contributed by atoms with Crippen LogP contribution in [-0.4, -0.2) is 50.3 Å². The minimum atomic E-state index is -0.740. The fraction of sp³-hybridized carbons (Fsp3) is 0.500. The molecule has 216 valence electrons. The van der Waals surface area contributed by atoms with Crippen LogP contribution >= 0.6 is 11.6 Å². The standard InChI is InChI=1S/C30H43ClN2O6/c1-21(14-16-24-18-19-25(38-7)29(36)39-24)11-8-9-13-26(34)33-27(30(3,4)5)28(35)32-20-10-12-23(37-6)17-15-22(2)31/h8-11,13-15,19-20,23-24,27H,12,16-18H2,1-7H3,(H,32,35)(H,33,34)/b11-8+,13-9+,20-10-,21-14+,22-15+. The average molecular weight is 563 g/mol. The van der Waals surface area contributed by atoms with Crippen LogP contribution in [0, 0.1) is 5.41 Å². The van der Waals surface area contributed by atoms with E-state index >= 15 is 0 Å². The second kappa shape index (κ2) is 17.5. The Bertz CT molecular complexity index is 1010. The molecule has 8 nitrogen and oxygen atoms in total. The van der Waals surface area contributed by atoms with Crippen molar-refractivity contribution in [3.05, 3.63) is 71.2 Å². The van der Waals surface area contributed by atoms with Crippen LogP contribution in [0.2, 0.25) is 0 Å². The van der Waals surface area contributed by atoms with Crippen LogP contribution in [0.1, 0.15) is 60.3 Å². The maximum absolute atomic E-state index is 12.8. The molecular weight excluding hydrogens is 520 g/mol. The van der Waals surface area contributed by atoms with Gasteiger partial charge in [0.15, 0.2) is 5.76 Å². The van der Waals surface area contributed by atoms with Gasteiger partial charge in [-0.05, 0) is 44.4 Å². The quantitative estimate of drug-likeness (QED) is 0.167. The summed E-state index contributed by atoms with van der Waals surface area (Å²) < 4.78 is 15.7. The first kappa shape index (κ1) is 33.9. The average Bonchev–Trinajstić information content (AvgIpc) is 2.87. The van der Waals surface area contributed by atoms with E-state index in [9.17, 15) is 14.4 Å². The molecule has 0 aliphatic carbocycles. The number of hydrogen-bond donors (Lipinski definition) is 2. The second-order valence-corrected chi connectivity index (χ2v) is 10.9. The third-order valence-electron chi connectivity index (χ3n) is 5.83. The summed E-state index contributed by atoms with van der Waals surface area (Å²) in [7, 11) is 3.07. The van der Waals surface area contributed by atoms with Crippen molar-refractivity contribution in [3.63, 3.8) is 0 Å². The molecule has 1 heterocycles. The molecule has 1 aliphatic rings. The van der Waals surface area contributed by atoms with Crippen molar-refractivity contribution in [1.82, 2.24) is 10.6 Å². The first-order valence-corrected chi connectivity index (χ1v) is 13.3. The summed E-state index contributed by atoms with van der Waals surface area (Å²) in [6.45, 7) is 9.39. The third kappa shape index (κ3) is 14.0. The van der Waals surface area contributed by atoms with Gasteiger partial charge in [0, 0.05) is 31.1 Å². The number of carbonyl (C=O) groups excluding carboxylic acids is 3. The highest BCUT2D eigenvalue weighted by atomic mass is 35.5. The monoisotopic (exact) mass is 562 g/mol. The highest BCUT2D eigenvalue weighted by molar-refractivity contribution is 6.29. The topological polar surface area (TPSA) is 103 Å². The number of rotatable bonds is 14. The number of nitrogens with one attached hydrogen (secondary N) is 2. The van der Waals surface area contributed by atoms with Crippen molar-refractivity contribution in [2.24, 2.45) is 5.41 Å². The van der Waals surface area contributed by atoms with Gasteiger partial charge in [-0.25, -0.2) is 4.79 Å². The Kier molecular flexibility index (Phi) is 15.2. The van der Waals surface area contributed by atoms with Crippen molar-refractivity contribution in [3.8, 4) is 0 Å². The minimum absolute atomic E-state index is 0.0484. The van der Waals surface area contributed by atoms with Crippen LogP contribution in [0.3, 0.4) is 0 Å². The van der Waals surface area contributed by atoms with Gasteiger partial charge in [0.05, 0.1) is 13.2 Å². The maximum Gasteiger partial charge on any atom is 0.373 e. The fourth-order valence-electron chi connectivity index (χ4n) is 3.52. The number of esters is 1. The van der Waals surface area contributed by atoms with Gasteiger partial charge in [-0.15, -0.1) is 0 Å². The van der Waals surface area contributed by atoms with Crippen LogP contribution in [0.5, 0.6) is 0 Å². The zero-order valence-corrected chi connectivity index (χ0v) is 24.8. The van der Waals surface area contributed by atoms with E-state index in [0.717, 1.165) is 5.57 Å². The zero-order chi connectivity index (χ0) is 29.4. The lowest BCUT2D eigenvalue weighted by molar-refractivity contribution is -0.149. The van der Waals surface area contributed by atoms with E-state index in [-0.39, 0.29) is 29.8 Å². The molecule has 2 amide bonds. The molecule has 0 saturated carbocycles. The first-order valence-electron chi connectivity index (χ1n) is 12.9. The summed E-state index contributed by atoms with van der Waals surface area (Å²) >= 11 is 5.87. The Balaban J connectivity index is 2.60. The highest BCUT2D eigenvalue weighted by Gasteiger charge is 2.31. The van der Waals surface area contributed by atoms with Crippen molar-refractivity contribution < 1.29 is 28.6 Å². The summed E-state index contributed by atoms with van der Waals surface area (Å²) in [5, 5.41) is 6.25. The van der Waals surface area contributed by atoms with E-state index in [1.54, 1.807) is 31.5 Å². The third-order valence-corrected chi connectivity index (χ3v) is 5.99. The Labute approximate surface area is 237 Å². The lowest BCUT2D eigenvalue weighted by Gasteiger charge is -2.29. The molecule has 0 fully saturated rings. The maximum atomic E-state index is 12.8. The molecule has 0 radical (unpaired) electrons. The van der Waals surface area contributed by atoms with Crippen LogP contribution < -0.4 is 10.6 Å². The largest absolute Gasteiger partial charge is 0.490 e. The molecule has 0 spiro atoms. The van der Waals surface area contributed by atoms with Crippen LogP contribution in [0.15, 0.2) is 71.2 Å². The number of halogens is 1. The Morgan fingerprint density at radius 1 is 1.15 bits per heavy atom. The summed E-state index contributed by atoms with van der Waals surface area (Å²) in [6.07, 6.45) is 17.7. The van der Waals surface area contributed by atoms with Gasteiger partial charge in [0.25, 0.3) is 0 Å². The zero-order valence-electron chi connectivity index (χ0n) is 24.1. The van der Waals surface area contributed by atoms with Crippen LogP contribution in [0.25, 0.3) is 0 Å². The number of methoxy groups -OCH3 is 2. The van der Waals surface area contributed by atoms with E-state index in [1.807, 2.05) is 58.9 Å². The van der Waals surface area contributed by atoms with Gasteiger partial charge in [-0.1, -0.05) is 74.4 Å². The highest BCUT2D eigenvalue weighted by Crippen LogP contribution is 2.20. The van der Waals surface area contributed by atoms with E-state index in [4.69, 9.17) is 25.8 Å². The molecule has 0 aromatic heterocycles. The number of carbonyl (C=O) groups is 3. The molecular formula is C30H43ClN2O6. The summed E-state index contributed by atoms with van der Waals surface area (Å²) in [4.78, 5) is 37.1. The van der Waals surface area contributed by atoms with Crippen molar-refractivity contribution in [1.29, 1.82) is 0 Å². The molecule has 1 aliphatic heterocycles. The molecule has 3 unspecified atom stereocenters. The Hall–Kier alpha value is -3.10. The molecule has 0 aromatic rings. The van der Waals surface area contributed by atoms with E-state index in [2.05, 4.69) is 10.6 Å². The summed E-state index contributed by atoms with van der Waals surface area (Å²) in [5.74, 6) is -0.901. The summed E-state index contributed by atoms with van der Waals surface area (Å²) in [5.41, 5.74) is 0.455. The fourth-order valence-corrected chi connectivity index (χ4v) is 3.61. The van der Waals surface area contributed by atoms with Gasteiger partial charge >= 0.3 is 5.97 Å². The van der Waals surface area contributed by atoms with E-state index in [1.165, 1.54) is 13.2 Å². The van der Waals surface area contributed by atoms with Gasteiger partial charge < -0.3 is 24.8 Å². The van der Waals surface area contributed by atoms with Gasteiger partial charge in [0.1, 0.15) is 12.1 Å². The molecule has 9 heteroatoms. The normalized spacial score (nSPS) is 18.7. The van der Waals surface area contributed by atoms with Crippen molar-refractivity contribution in [2.75, 3.05) is 14.2 Å². The lowest BCUT2D eigenvalue weighted by Crippen LogP contribution is -2.52. The van der Waals surface area contributed by atoms with Gasteiger partial charge in [-0.3, -0.25) is 9.59 Å². The van der Waals surface area contributed by atoms with E-state index < -0.39 is 17.4 Å². The number of cyclic esters (lactones) is 1. The molecule has 3 atom stereocenters. The predicted molar refractivity (Wildman–Crippen MR) is 155 cm³/mol. The number of hydrogen-bond acceptors (Lipinski definition) is 6. The molecule has 2 N–H and O–H groups in total. The number of amides is 2. The molecule has 39 heavy (non-hydrogen) atoms. The van der Waals surface area contributed by atoms with Crippen molar-refractivity contribution in [2.45, 2.75) is 78.6 Å². The predicted octanol–water partition coefficient (Wildman–Crippen LogP) is 5.38. The molecule has 0 saturated heterocycles. The smallest absolute Gasteiger partial charge is 0.373 e. The second-order valence-electron chi connectivity index (χ2n) is 10.3. The Morgan fingerprint density at radius 2 is 1.85 bits per heavy atom. The van der Waals surface area contributed by atoms with Gasteiger partial charge in [-0.2, -0.15) is 0 Å². The minimum Gasteiger partial charge on any atom is -0.490 e. The Morgan fingerprint density at radius 3 is 2.44 bits per heavy atom. The van der Waals surface area contributed by atoms with Crippen molar-refractivity contribution >= 4 is 29.4 Å². The molecule has 1 rings (SSSR count). The SMILES string of the molecule is COC1=CCC(C/C=C(C)/C=C/C=C/C(=O)NC(C(=O)N/C=C\CC(C/C=C(\C)Cl)OC)C(C)(C)C)OC1=O. The molecule has 0 bridgehead atoms. The summed E-state index contributed by atoms with van der Waals surface area (Å²) in [6, 6.07) is -0.740. The number of ether oxygens (including phenoxy) is 3. The van der Waals surface area contributed by atoms with Crippen LogP contribution in [-0.2, 0) is 28.6 Å². The lowest BCUT2D eigenvalue weighted by atomic mass is 9.86. The number of allylic oxidation sites excluding steroid dienone is 5.